The summed E-state index contributed by atoms with van der Waals surface area (Å²) >= 11 is 0. The Balaban J connectivity index is 2.14. The SMILES string of the molecule is COc1ccc([C@@H](N2CCNCC2)C(C)(C)C)c2ccccc12. The van der Waals surface area contributed by atoms with E-state index in [1.54, 1.807) is 7.11 Å². The smallest absolute Gasteiger partial charge is 0.126 e. The van der Waals surface area contributed by atoms with Crippen molar-refractivity contribution >= 4 is 10.8 Å². The zero-order chi connectivity index (χ0) is 16.4. The van der Waals surface area contributed by atoms with Crippen molar-refractivity contribution in [2.24, 2.45) is 5.41 Å². The Hall–Kier alpha value is -1.58. The van der Waals surface area contributed by atoms with Crippen LogP contribution in [-0.4, -0.2) is 38.2 Å². The van der Waals surface area contributed by atoms with Gasteiger partial charge in [-0.1, -0.05) is 51.1 Å². The van der Waals surface area contributed by atoms with Crippen molar-refractivity contribution in [1.29, 1.82) is 0 Å². The number of methoxy groups -OCH3 is 1. The molecule has 0 amide bonds. The van der Waals surface area contributed by atoms with Crippen LogP contribution in [0.25, 0.3) is 10.8 Å². The Morgan fingerprint density at radius 2 is 1.65 bits per heavy atom. The van der Waals surface area contributed by atoms with Crippen LogP contribution < -0.4 is 10.1 Å². The molecule has 0 spiro atoms. The molecule has 23 heavy (non-hydrogen) atoms. The molecule has 0 radical (unpaired) electrons. The average Bonchev–Trinajstić information content (AvgIpc) is 2.55. The van der Waals surface area contributed by atoms with Crippen molar-refractivity contribution in [2.45, 2.75) is 26.8 Å². The number of rotatable bonds is 3. The fraction of sp³-hybridized carbons (Fsp3) is 0.500. The molecule has 2 aromatic carbocycles. The van der Waals surface area contributed by atoms with Gasteiger partial charge in [-0.2, -0.15) is 0 Å². The van der Waals surface area contributed by atoms with Gasteiger partial charge in [0.15, 0.2) is 0 Å². The number of hydrogen-bond acceptors (Lipinski definition) is 3. The summed E-state index contributed by atoms with van der Waals surface area (Å²) in [5, 5.41) is 5.98. The molecule has 0 bridgehead atoms. The highest BCUT2D eigenvalue weighted by atomic mass is 16.5. The standard InChI is InChI=1S/C20H28N2O/c1-20(2,3)19(22-13-11-21-12-14-22)17-9-10-18(23-4)16-8-6-5-7-15(16)17/h5-10,19,21H,11-14H2,1-4H3/t19-/m1/s1. The summed E-state index contributed by atoms with van der Waals surface area (Å²) < 4.78 is 5.57. The zero-order valence-electron chi connectivity index (χ0n) is 14.7. The van der Waals surface area contributed by atoms with E-state index in [0.717, 1.165) is 31.9 Å². The van der Waals surface area contributed by atoms with Gasteiger partial charge in [0, 0.05) is 37.6 Å². The van der Waals surface area contributed by atoms with Crippen molar-refractivity contribution in [1.82, 2.24) is 10.2 Å². The molecule has 0 aliphatic carbocycles. The van der Waals surface area contributed by atoms with Gasteiger partial charge in [-0.3, -0.25) is 4.90 Å². The van der Waals surface area contributed by atoms with Crippen molar-refractivity contribution in [3.05, 3.63) is 42.0 Å². The van der Waals surface area contributed by atoms with Crippen LogP contribution in [0.3, 0.4) is 0 Å². The van der Waals surface area contributed by atoms with Gasteiger partial charge in [0.05, 0.1) is 7.11 Å². The number of ether oxygens (including phenoxy) is 1. The molecule has 0 saturated carbocycles. The summed E-state index contributed by atoms with van der Waals surface area (Å²) in [4.78, 5) is 2.63. The van der Waals surface area contributed by atoms with Gasteiger partial charge < -0.3 is 10.1 Å². The molecule has 3 heteroatoms. The topological polar surface area (TPSA) is 24.5 Å². The summed E-state index contributed by atoms with van der Waals surface area (Å²) in [5.41, 5.74) is 1.59. The van der Waals surface area contributed by atoms with E-state index in [-0.39, 0.29) is 5.41 Å². The molecule has 0 unspecified atom stereocenters. The van der Waals surface area contributed by atoms with Gasteiger partial charge in [0.2, 0.25) is 0 Å². The predicted molar refractivity (Wildman–Crippen MR) is 97.1 cm³/mol. The maximum absolute atomic E-state index is 5.57. The maximum Gasteiger partial charge on any atom is 0.126 e. The Kier molecular flexibility index (Phi) is 4.60. The summed E-state index contributed by atoms with van der Waals surface area (Å²) in [7, 11) is 1.75. The highest BCUT2D eigenvalue weighted by Gasteiger charge is 2.33. The molecule has 1 aliphatic heterocycles. The first-order valence-electron chi connectivity index (χ1n) is 8.53. The second-order valence-corrected chi connectivity index (χ2v) is 7.46. The molecular weight excluding hydrogens is 284 g/mol. The molecule has 0 aromatic heterocycles. The van der Waals surface area contributed by atoms with Crippen LogP contribution in [0.2, 0.25) is 0 Å². The van der Waals surface area contributed by atoms with E-state index in [4.69, 9.17) is 4.74 Å². The largest absolute Gasteiger partial charge is 0.496 e. The summed E-state index contributed by atoms with van der Waals surface area (Å²) in [6.07, 6.45) is 0. The van der Waals surface area contributed by atoms with E-state index in [1.165, 1.54) is 16.3 Å². The minimum absolute atomic E-state index is 0.175. The molecule has 3 nitrogen and oxygen atoms in total. The van der Waals surface area contributed by atoms with Crippen LogP contribution in [0.15, 0.2) is 36.4 Å². The summed E-state index contributed by atoms with van der Waals surface area (Å²) in [5.74, 6) is 0.956. The van der Waals surface area contributed by atoms with Crippen LogP contribution in [0.1, 0.15) is 32.4 Å². The highest BCUT2D eigenvalue weighted by Crippen LogP contribution is 2.42. The molecule has 1 atom stereocenters. The Morgan fingerprint density at radius 3 is 2.26 bits per heavy atom. The van der Waals surface area contributed by atoms with Crippen molar-refractivity contribution in [3.63, 3.8) is 0 Å². The number of benzene rings is 2. The van der Waals surface area contributed by atoms with Crippen molar-refractivity contribution < 1.29 is 4.74 Å². The molecular formula is C20H28N2O. The minimum atomic E-state index is 0.175. The van der Waals surface area contributed by atoms with E-state index in [9.17, 15) is 0 Å². The van der Waals surface area contributed by atoms with Gasteiger partial charge in [0.25, 0.3) is 0 Å². The molecule has 1 heterocycles. The van der Waals surface area contributed by atoms with E-state index < -0.39 is 0 Å². The second kappa shape index (κ2) is 6.50. The highest BCUT2D eigenvalue weighted by molar-refractivity contribution is 5.91. The van der Waals surface area contributed by atoms with Crippen LogP contribution in [0, 0.1) is 5.41 Å². The third kappa shape index (κ3) is 3.22. The van der Waals surface area contributed by atoms with Crippen LogP contribution in [-0.2, 0) is 0 Å². The van der Waals surface area contributed by atoms with E-state index in [0.29, 0.717) is 6.04 Å². The van der Waals surface area contributed by atoms with Crippen LogP contribution >= 0.6 is 0 Å². The quantitative estimate of drug-likeness (QED) is 0.932. The molecule has 1 N–H and O–H groups in total. The molecule has 1 aliphatic rings. The fourth-order valence-corrected chi connectivity index (χ4v) is 3.86. The first kappa shape index (κ1) is 16.3. The van der Waals surface area contributed by atoms with Gasteiger partial charge in [-0.05, 0) is 22.4 Å². The molecule has 1 saturated heterocycles. The summed E-state index contributed by atoms with van der Waals surface area (Å²) in [6.45, 7) is 11.4. The van der Waals surface area contributed by atoms with Gasteiger partial charge in [0.1, 0.15) is 5.75 Å². The summed E-state index contributed by atoms with van der Waals surface area (Å²) in [6, 6.07) is 13.4. The number of fused-ring (bicyclic) bond motifs is 1. The lowest BCUT2D eigenvalue weighted by Gasteiger charge is -2.43. The normalized spacial score (nSPS) is 18.1. The predicted octanol–water partition coefficient (Wildman–Crippen LogP) is 3.84. The Bertz CT molecular complexity index is 669. The first-order chi connectivity index (χ1) is 11.0. The van der Waals surface area contributed by atoms with E-state index in [1.807, 2.05) is 0 Å². The Morgan fingerprint density at radius 1 is 1.00 bits per heavy atom. The number of piperazine rings is 1. The lowest BCUT2D eigenvalue weighted by atomic mass is 9.79. The van der Waals surface area contributed by atoms with Gasteiger partial charge in [-0.15, -0.1) is 0 Å². The average molecular weight is 312 g/mol. The number of nitrogens with one attached hydrogen (secondary N) is 1. The van der Waals surface area contributed by atoms with E-state index in [2.05, 4.69) is 67.4 Å². The third-order valence-electron chi connectivity index (χ3n) is 4.77. The molecule has 124 valence electrons. The fourth-order valence-electron chi connectivity index (χ4n) is 3.86. The van der Waals surface area contributed by atoms with E-state index >= 15 is 0 Å². The number of hydrogen-bond donors (Lipinski definition) is 1. The molecule has 2 aromatic rings. The lowest BCUT2D eigenvalue weighted by Crippen LogP contribution is -2.48. The van der Waals surface area contributed by atoms with Gasteiger partial charge >= 0.3 is 0 Å². The monoisotopic (exact) mass is 312 g/mol. The molecule has 1 fully saturated rings. The number of nitrogens with zero attached hydrogens (tertiary/aromatic N) is 1. The third-order valence-corrected chi connectivity index (χ3v) is 4.77. The van der Waals surface area contributed by atoms with Crippen molar-refractivity contribution in [2.75, 3.05) is 33.3 Å². The Labute approximate surface area is 139 Å². The van der Waals surface area contributed by atoms with Crippen LogP contribution in [0.5, 0.6) is 5.75 Å². The lowest BCUT2D eigenvalue weighted by molar-refractivity contribution is 0.0872. The second-order valence-electron chi connectivity index (χ2n) is 7.46. The first-order valence-corrected chi connectivity index (χ1v) is 8.53. The van der Waals surface area contributed by atoms with Crippen LogP contribution in [0.4, 0.5) is 0 Å². The van der Waals surface area contributed by atoms with Gasteiger partial charge in [-0.25, -0.2) is 0 Å². The minimum Gasteiger partial charge on any atom is -0.496 e. The maximum atomic E-state index is 5.57. The van der Waals surface area contributed by atoms with Crippen molar-refractivity contribution in [3.8, 4) is 5.75 Å². The zero-order valence-corrected chi connectivity index (χ0v) is 14.7. The molecule has 3 rings (SSSR count).